The third-order valence-corrected chi connectivity index (χ3v) is 5.12. The van der Waals surface area contributed by atoms with Gasteiger partial charge in [0, 0.05) is 13.1 Å². The van der Waals surface area contributed by atoms with Gasteiger partial charge in [-0.15, -0.1) is 0 Å². The summed E-state index contributed by atoms with van der Waals surface area (Å²) in [6, 6.07) is 6.02. The van der Waals surface area contributed by atoms with Gasteiger partial charge in [0.25, 0.3) is 0 Å². The van der Waals surface area contributed by atoms with E-state index in [0.29, 0.717) is 13.1 Å². The average molecular weight is 320 g/mol. The van der Waals surface area contributed by atoms with Crippen molar-refractivity contribution in [1.82, 2.24) is 10.2 Å². The number of amides is 1. The SMILES string of the molecule is O=C(C1CCCCN1)N1CCC(C(O)c2ccc(F)cc2)CC1. The number of rotatable bonds is 3. The van der Waals surface area contributed by atoms with Crippen molar-refractivity contribution < 1.29 is 14.3 Å². The van der Waals surface area contributed by atoms with Crippen molar-refractivity contribution in [2.24, 2.45) is 5.92 Å². The molecule has 2 saturated heterocycles. The van der Waals surface area contributed by atoms with Crippen LogP contribution in [0.15, 0.2) is 24.3 Å². The fraction of sp³-hybridized carbons (Fsp3) is 0.611. The van der Waals surface area contributed by atoms with Gasteiger partial charge >= 0.3 is 0 Å². The molecule has 0 aliphatic carbocycles. The van der Waals surface area contributed by atoms with E-state index in [1.165, 1.54) is 12.1 Å². The van der Waals surface area contributed by atoms with E-state index in [4.69, 9.17) is 0 Å². The quantitative estimate of drug-likeness (QED) is 0.898. The molecule has 2 unspecified atom stereocenters. The van der Waals surface area contributed by atoms with Gasteiger partial charge < -0.3 is 15.3 Å². The third kappa shape index (κ3) is 3.90. The summed E-state index contributed by atoms with van der Waals surface area (Å²) in [7, 11) is 0. The maximum absolute atomic E-state index is 13.0. The van der Waals surface area contributed by atoms with Crippen molar-refractivity contribution in [2.45, 2.75) is 44.2 Å². The molecule has 2 aliphatic heterocycles. The molecule has 126 valence electrons. The number of aliphatic hydroxyl groups excluding tert-OH is 1. The van der Waals surface area contributed by atoms with Gasteiger partial charge in [0.2, 0.25) is 5.91 Å². The van der Waals surface area contributed by atoms with Gasteiger partial charge in [-0.2, -0.15) is 0 Å². The Kier molecular flexibility index (Phi) is 5.28. The van der Waals surface area contributed by atoms with Gasteiger partial charge in [-0.05, 0) is 55.8 Å². The molecule has 0 saturated carbocycles. The predicted molar refractivity (Wildman–Crippen MR) is 86.3 cm³/mol. The summed E-state index contributed by atoms with van der Waals surface area (Å²) in [4.78, 5) is 14.4. The zero-order chi connectivity index (χ0) is 16.2. The highest BCUT2D eigenvalue weighted by Crippen LogP contribution is 2.31. The van der Waals surface area contributed by atoms with Crippen LogP contribution in [0.25, 0.3) is 0 Å². The lowest BCUT2D eigenvalue weighted by molar-refractivity contribution is -0.136. The van der Waals surface area contributed by atoms with Crippen LogP contribution in [0.2, 0.25) is 0 Å². The summed E-state index contributed by atoms with van der Waals surface area (Å²) in [6.45, 7) is 2.32. The van der Waals surface area contributed by atoms with E-state index in [1.54, 1.807) is 12.1 Å². The van der Waals surface area contributed by atoms with Crippen molar-refractivity contribution in [2.75, 3.05) is 19.6 Å². The van der Waals surface area contributed by atoms with Crippen LogP contribution in [0.4, 0.5) is 4.39 Å². The Hall–Kier alpha value is -1.46. The third-order valence-electron chi connectivity index (χ3n) is 5.12. The number of nitrogens with one attached hydrogen (secondary N) is 1. The number of carbonyl (C=O) groups excluding carboxylic acids is 1. The zero-order valence-electron chi connectivity index (χ0n) is 13.4. The highest BCUT2D eigenvalue weighted by atomic mass is 19.1. The number of hydrogen-bond acceptors (Lipinski definition) is 3. The molecular formula is C18H25FN2O2. The number of nitrogens with zero attached hydrogens (tertiary/aromatic N) is 1. The monoisotopic (exact) mass is 320 g/mol. The van der Waals surface area contributed by atoms with Crippen LogP contribution in [-0.4, -0.2) is 41.6 Å². The fourth-order valence-corrected chi connectivity index (χ4v) is 3.65. The highest BCUT2D eigenvalue weighted by Gasteiger charge is 2.31. The lowest BCUT2D eigenvalue weighted by atomic mass is 9.87. The molecule has 2 heterocycles. The first-order valence-electron chi connectivity index (χ1n) is 8.61. The van der Waals surface area contributed by atoms with E-state index in [2.05, 4.69) is 5.32 Å². The first kappa shape index (κ1) is 16.4. The predicted octanol–water partition coefficient (Wildman–Crippen LogP) is 2.24. The lowest BCUT2D eigenvalue weighted by Crippen LogP contribution is -2.51. The number of benzene rings is 1. The Morgan fingerprint density at radius 3 is 2.48 bits per heavy atom. The molecule has 1 aromatic rings. The number of carbonyl (C=O) groups is 1. The van der Waals surface area contributed by atoms with Crippen molar-refractivity contribution in [3.8, 4) is 0 Å². The summed E-state index contributed by atoms with van der Waals surface area (Å²) >= 11 is 0. The number of piperidine rings is 2. The van der Waals surface area contributed by atoms with Crippen molar-refractivity contribution in [1.29, 1.82) is 0 Å². The summed E-state index contributed by atoms with van der Waals surface area (Å²) in [5, 5.41) is 13.8. The Labute approximate surface area is 136 Å². The smallest absolute Gasteiger partial charge is 0.239 e. The first-order valence-corrected chi connectivity index (χ1v) is 8.61. The molecule has 5 heteroatoms. The van der Waals surface area contributed by atoms with Crippen LogP contribution in [-0.2, 0) is 4.79 Å². The minimum absolute atomic E-state index is 0.0256. The number of aliphatic hydroxyl groups is 1. The normalized spacial score (nSPS) is 24.4. The van der Waals surface area contributed by atoms with Crippen LogP contribution in [0.5, 0.6) is 0 Å². The van der Waals surface area contributed by atoms with E-state index in [-0.39, 0.29) is 23.7 Å². The summed E-state index contributed by atoms with van der Waals surface area (Å²) in [6.07, 6.45) is 4.18. The maximum Gasteiger partial charge on any atom is 0.239 e. The van der Waals surface area contributed by atoms with Crippen LogP contribution >= 0.6 is 0 Å². The zero-order valence-corrected chi connectivity index (χ0v) is 13.4. The molecule has 23 heavy (non-hydrogen) atoms. The summed E-state index contributed by atoms with van der Waals surface area (Å²) in [5.41, 5.74) is 0.755. The van der Waals surface area contributed by atoms with E-state index < -0.39 is 6.10 Å². The molecule has 2 aliphatic rings. The molecule has 1 aromatic carbocycles. The maximum atomic E-state index is 13.0. The number of hydrogen-bond donors (Lipinski definition) is 2. The van der Waals surface area contributed by atoms with E-state index in [0.717, 1.165) is 44.2 Å². The van der Waals surface area contributed by atoms with Gasteiger partial charge in [-0.1, -0.05) is 18.6 Å². The Morgan fingerprint density at radius 1 is 1.17 bits per heavy atom. The van der Waals surface area contributed by atoms with Crippen LogP contribution in [0.3, 0.4) is 0 Å². The van der Waals surface area contributed by atoms with Crippen LogP contribution < -0.4 is 5.32 Å². The fourth-order valence-electron chi connectivity index (χ4n) is 3.65. The van der Waals surface area contributed by atoms with E-state index >= 15 is 0 Å². The molecule has 3 rings (SSSR count). The molecule has 0 radical (unpaired) electrons. The average Bonchev–Trinajstić information content (AvgIpc) is 2.62. The number of halogens is 1. The topological polar surface area (TPSA) is 52.6 Å². The van der Waals surface area contributed by atoms with Crippen LogP contribution in [0.1, 0.15) is 43.8 Å². The largest absolute Gasteiger partial charge is 0.388 e. The molecular weight excluding hydrogens is 295 g/mol. The van der Waals surface area contributed by atoms with Crippen LogP contribution in [0, 0.1) is 11.7 Å². The molecule has 1 amide bonds. The molecule has 0 spiro atoms. The Bertz CT molecular complexity index is 520. The van der Waals surface area contributed by atoms with Crippen molar-refractivity contribution >= 4 is 5.91 Å². The van der Waals surface area contributed by atoms with E-state index in [9.17, 15) is 14.3 Å². The van der Waals surface area contributed by atoms with Gasteiger partial charge in [-0.25, -0.2) is 4.39 Å². The van der Waals surface area contributed by atoms with Gasteiger partial charge in [0.05, 0.1) is 12.1 Å². The van der Waals surface area contributed by atoms with Gasteiger partial charge in [0.15, 0.2) is 0 Å². The molecule has 4 nitrogen and oxygen atoms in total. The molecule has 2 atom stereocenters. The molecule has 0 aromatic heterocycles. The highest BCUT2D eigenvalue weighted by molar-refractivity contribution is 5.82. The standard InChI is InChI=1S/C18H25FN2O2/c19-15-6-4-13(5-7-15)17(22)14-8-11-21(12-9-14)18(23)16-3-1-2-10-20-16/h4-7,14,16-17,20,22H,1-3,8-12H2. The minimum Gasteiger partial charge on any atom is -0.388 e. The van der Waals surface area contributed by atoms with Gasteiger partial charge in [0.1, 0.15) is 5.82 Å². The first-order chi connectivity index (χ1) is 11.1. The van der Waals surface area contributed by atoms with Crippen molar-refractivity contribution in [3.05, 3.63) is 35.6 Å². The second kappa shape index (κ2) is 7.41. The molecule has 2 N–H and O–H groups in total. The minimum atomic E-state index is -0.583. The Balaban J connectivity index is 1.53. The van der Waals surface area contributed by atoms with Gasteiger partial charge in [-0.3, -0.25) is 4.79 Å². The van der Waals surface area contributed by atoms with E-state index in [1.807, 2.05) is 4.90 Å². The molecule has 0 bridgehead atoms. The second-order valence-corrected chi connectivity index (χ2v) is 6.66. The molecule has 2 fully saturated rings. The Morgan fingerprint density at radius 2 is 1.87 bits per heavy atom. The lowest BCUT2D eigenvalue weighted by Gasteiger charge is -2.37. The summed E-state index contributed by atoms with van der Waals surface area (Å²) in [5.74, 6) is 0.0459. The second-order valence-electron chi connectivity index (χ2n) is 6.66. The summed E-state index contributed by atoms with van der Waals surface area (Å²) < 4.78 is 13.0. The number of likely N-dealkylation sites (tertiary alicyclic amines) is 1. The van der Waals surface area contributed by atoms with Crippen molar-refractivity contribution in [3.63, 3.8) is 0 Å².